The number of ether oxygens (including phenoxy) is 3. The van der Waals surface area contributed by atoms with Crippen LogP contribution >= 0.6 is 21.6 Å². The number of ketones is 2. The van der Waals surface area contributed by atoms with Gasteiger partial charge in [0.25, 0.3) is 0 Å². The molecule has 0 saturated carbocycles. The van der Waals surface area contributed by atoms with Gasteiger partial charge >= 0.3 is 0 Å². The molecule has 5 atom stereocenters. The summed E-state index contributed by atoms with van der Waals surface area (Å²) in [4.78, 5) is 48.5. The molecule has 3 aromatic rings. The monoisotopic (exact) mass is 749 g/mol. The summed E-state index contributed by atoms with van der Waals surface area (Å²) in [7, 11) is 4.51. The number of nitrogens with zero attached hydrogens (tertiary/aromatic N) is 2. The van der Waals surface area contributed by atoms with Gasteiger partial charge in [-0.15, -0.1) is 0 Å². The predicted molar refractivity (Wildman–Crippen MR) is 195 cm³/mol. The van der Waals surface area contributed by atoms with Crippen molar-refractivity contribution >= 4 is 39.1 Å². The van der Waals surface area contributed by atoms with Gasteiger partial charge in [-0.1, -0.05) is 35.9 Å². The number of morpholine rings is 1. The third-order valence-electron chi connectivity index (χ3n) is 10.7. The smallest absolute Gasteiger partial charge is 0.226 e. The highest BCUT2D eigenvalue weighted by atomic mass is 33.1. The Kier molecular flexibility index (Phi) is 10.8. The average molecular weight is 750 g/mol. The van der Waals surface area contributed by atoms with E-state index in [4.69, 9.17) is 14.2 Å². The lowest BCUT2D eigenvalue weighted by atomic mass is 9.64. The summed E-state index contributed by atoms with van der Waals surface area (Å²) in [6.07, 6.45) is 2.81. The Morgan fingerprint density at radius 2 is 1.92 bits per heavy atom. The Hall–Kier alpha value is -3.66. The van der Waals surface area contributed by atoms with Crippen molar-refractivity contribution in [1.82, 2.24) is 15.2 Å². The van der Waals surface area contributed by atoms with Crippen LogP contribution in [0.4, 0.5) is 0 Å². The van der Waals surface area contributed by atoms with E-state index >= 15 is 0 Å². The maximum atomic E-state index is 14.1. The molecule has 2 aliphatic carbocycles. The summed E-state index contributed by atoms with van der Waals surface area (Å²) >= 11 is 0. The number of rotatable bonds is 10. The van der Waals surface area contributed by atoms with E-state index in [-0.39, 0.29) is 76.1 Å². The number of hydrogen-bond acceptors (Lipinski definition) is 13. The fourth-order valence-electron chi connectivity index (χ4n) is 8.31. The molecule has 0 spiro atoms. The number of aromatic hydroxyl groups is 2. The molecule has 276 valence electrons. The number of fused-ring (bicyclic) bond motifs is 3. The van der Waals surface area contributed by atoms with Gasteiger partial charge in [0.1, 0.15) is 28.5 Å². The summed E-state index contributed by atoms with van der Waals surface area (Å²) in [5.41, 5.74) is -0.774. The molecule has 2 fully saturated rings. The van der Waals surface area contributed by atoms with Crippen molar-refractivity contribution in [2.24, 2.45) is 5.41 Å². The summed E-state index contributed by atoms with van der Waals surface area (Å²) in [6.45, 7) is 4.08. The molecule has 2 saturated heterocycles. The minimum atomic E-state index is -1.02. The van der Waals surface area contributed by atoms with E-state index in [1.54, 1.807) is 29.1 Å². The molecule has 1 aromatic heterocycles. The van der Waals surface area contributed by atoms with Crippen LogP contribution in [-0.4, -0.2) is 107 Å². The fraction of sp³-hybridized carbons (Fsp3) is 0.474. The zero-order valence-corrected chi connectivity index (χ0v) is 30.8. The van der Waals surface area contributed by atoms with E-state index in [1.165, 1.54) is 24.0 Å². The molecule has 7 rings (SSSR count). The third-order valence-corrected chi connectivity index (χ3v) is 13.0. The number of hydrogen-bond donors (Lipinski definition) is 4. The molecule has 1 unspecified atom stereocenters. The van der Waals surface area contributed by atoms with Crippen LogP contribution in [0.25, 0.3) is 0 Å². The number of nitrogens with one attached hydrogen (secondary N) is 1. The number of pyridine rings is 1. The molecule has 1 amide bonds. The lowest BCUT2D eigenvalue weighted by Gasteiger charge is -2.44. The zero-order valence-electron chi connectivity index (χ0n) is 29.1. The van der Waals surface area contributed by atoms with Crippen LogP contribution < -0.4 is 10.1 Å². The van der Waals surface area contributed by atoms with Gasteiger partial charge in [0.05, 0.1) is 48.5 Å². The highest BCUT2D eigenvalue weighted by Crippen LogP contribution is 2.55. The number of phenolic OH excluding ortho intramolecular Hbond substituents is 2. The number of methoxy groups -OCH3 is 1. The molecule has 3 heterocycles. The Balaban J connectivity index is 1.20. The van der Waals surface area contributed by atoms with E-state index in [0.717, 1.165) is 11.4 Å². The second-order valence-corrected chi connectivity index (χ2v) is 16.5. The minimum absolute atomic E-state index is 0.0373. The molecule has 2 aromatic carbocycles. The van der Waals surface area contributed by atoms with Crippen molar-refractivity contribution in [1.29, 1.82) is 0 Å². The standard InChI is InChI=1S/C38H43N3O9S2/c1-38(37(47)40-11-15-51-52-27-8-3-4-10-39-27)18-21(16-23-17-22(9-13-50-23)41-12-14-49-20-28(41)42)29-25(19-38)34(44)31-32(35(29)45)36(46)30-24(33(31)43)6-5-7-26(30)48-2/h3-8,10,21-23,28,42,44-45H,9,11-20H2,1-2H3,(H,40,47)/t21-,22?,23-,28+,38-/m0/s1. The van der Waals surface area contributed by atoms with E-state index in [2.05, 4.69) is 10.3 Å². The average Bonchev–Trinajstić information content (AvgIpc) is 3.15. The van der Waals surface area contributed by atoms with Crippen molar-refractivity contribution in [3.63, 3.8) is 0 Å². The largest absolute Gasteiger partial charge is 0.507 e. The van der Waals surface area contributed by atoms with Crippen molar-refractivity contribution < 1.29 is 43.9 Å². The summed E-state index contributed by atoms with van der Waals surface area (Å²) in [5.74, 6) is -1.85. The Labute approximate surface area is 310 Å². The normalized spacial score (nSPS) is 25.9. The van der Waals surface area contributed by atoms with Crippen molar-refractivity contribution in [3.8, 4) is 17.2 Å². The number of aliphatic hydroxyl groups excluding tert-OH is 1. The number of phenols is 2. The third kappa shape index (κ3) is 6.92. The maximum Gasteiger partial charge on any atom is 0.226 e. The van der Waals surface area contributed by atoms with Gasteiger partial charge in [-0.2, -0.15) is 0 Å². The number of aromatic nitrogens is 1. The SMILES string of the molecule is COc1cccc2c1C(=O)c1c(O)c3c(c(O)c1C2=O)C[C@@](C)(C(=O)NCCSSc1ccccn1)C[C@@H]3C[C@H]1CC(N2CCOC[C@H]2O)CCO1. The number of carbonyl (C=O) groups excluding carboxylic acids is 3. The molecule has 12 nitrogen and oxygen atoms in total. The van der Waals surface area contributed by atoms with Crippen LogP contribution in [0, 0.1) is 5.41 Å². The van der Waals surface area contributed by atoms with E-state index in [9.17, 15) is 29.7 Å². The summed E-state index contributed by atoms with van der Waals surface area (Å²) in [5, 5.41) is 38.6. The highest BCUT2D eigenvalue weighted by Gasteiger charge is 2.48. The Morgan fingerprint density at radius 3 is 2.69 bits per heavy atom. The number of amides is 1. The van der Waals surface area contributed by atoms with E-state index in [0.29, 0.717) is 56.9 Å². The van der Waals surface area contributed by atoms with Crippen LogP contribution in [0.1, 0.15) is 81.5 Å². The van der Waals surface area contributed by atoms with E-state index < -0.39 is 29.1 Å². The first-order chi connectivity index (χ1) is 25.1. The molecular weight excluding hydrogens is 707 g/mol. The van der Waals surface area contributed by atoms with Gasteiger partial charge in [0.2, 0.25) is 11.7 Å². The van der Waals surface area contributed by atoms with Crippen LogP contribution in [-0.2, 0) is 20.7 Å². The van der Waals surface area contributed by atoms with Gasteiger partial charge in [-0.3, -0.25) is 19.3 Å². The lowest BCUT2D eigenvalue weighted by Crippen LogP contribution is -2.53. The fourth-order valence-corrected chi connectivity index (χ4v) is 10.1. The van der Waals surface area contributed by atoms with Crippen LogP contribution in [0.5, 0.6) is 17.2 Å². The van der Waals surface area contributed by atoms with Crippen LogP contribution in [0.2, 0.25) is 0 Å². The number of carbonyl (C=O) groups is 3. The van der Waals surface area contributed by atoms with Crippen molar-refractivity contribution in [2.45, 2.75) is 68.3 Å². The first kappa shape index (κ1) is 36.7. The van der Waals surface area contributed by atoms with Crippen LogP contribution in [0.15, 0.2) is 47.6 Å². The Bertz CT molecular complexity index is 1860. The highest BCUT2D eigenvalue weighted by molar-refractivity contribution is 8.76. The van der Waals surface area contributed by atoms with Crippen LogP contribution in [0.3, 0.4) is 0 Å². The molecule has 4 N–H and O–H groups in total. The first-order valence-corrected chi connectivity index (χ1v) is 19.9. The maximum absolute atomic E-state index is 14.1. The summed E-state index contributed by atoms with van der Waals surface area (Å²) < 4.78 is 17.1. The van der Waals surface area contributed by atoms with Gasteiger partial charge in [0.15, 0.2) is 5.78 Å². The quantitative estimate of drug-likeness (QED) is 0.102. The van der Waals surface area contributed by atoms with Gasteiger partial charge in [-0.05, 0) is 67.0 Å². The predicted octanol–water partition coefficient (Wildman–Crippen LogP) is 4.46. The second kappa shape index (κ2) is 15.4. The molecule has 2 aliphatic heterocycles. The number of benzene rings is 2. The van der Waals surface area contributed by atoms with Crippen molar-refractivity contribution in [2.75, 3.05) is 45.8 Å². The summed E-state index contributed by atoms with van der Waals surface area (Å²) in [6, 6.07) is 10.4. The molecule has 0 bridgehead atoms. The molecular formula is C38H43N3O9S2. The van der Waals surface area contributed by atoms with Crippen molar-refractivity contribution in [3.05, 3.63) is 76.0 Å². The van der Waals surface area contributed by atoms with Gasteiger partial charge < -0.3 is 34.8 Å². The first-order valence-electron chi connectivity index (χ1n) is 17.6. The topological polar surface area (TPSA) is 168 Å². The molecule has 0 radical (unpaired) electrons. The molecule has 14 heteroatoms. The van der Waals surface area contributed by atoms with E-state index in [1.807, 2.05) is 30.0 Å². The Morgan fingerprint density at radius 1 is 1.10 bits per heavy atom. The molecule has 4 aliphatic rings. The molecule has 52 heavy (non-hydrogen) atoms. The van der Waals surface area contributed by atoms with Gasteiger partial charge in [-0.25, -0.2) is 4.98 Å². The lowest BCUT2D eigenvalue weighted by molar-refractivity contribution is -0.144. The minimum Gasteiger partial charge on any atom is -0.507 e. The second-order valence-electron chi connectivity index (χ2n) is 14.0. The van der Waals surface area contributed by atoms with Gasteiger partial charge in [0, 0.05) is 54.4 Å². The number of aliphatic hydroxyl groups is 1. The zero-order chi connectivity index (χ0) is 36.6.